The van der Waals surface area contributed by atoms with E-state index in [4.69, 9.17) is 9.47 Å². The van der Waals surface area contributed by atoms with Gasteiger partial charge in [-0.25, -0.2) is 9.79 Å². The number of piperidine rings is 1. The maximum Gasteiger partial charge on any atom is 0.338 e. The summed E-state index contributed by atoms with van der Waals surface area (Å²) in [4.78, 5) is 46.5. The molecule has 0 radical (unpaired) electrons. The molecule has 0 saturated carbocycles. The Kier molecular flexibility index (Phi) is 7.23. The minimum atomic E-state index is -0.428. The second-order valence-corrected chi connectivity index (χ2v) is 9.67. The lowest BCUT2D eigenvalue weighted by Gasteiger charge is -2.36. The predicted octanol–water partition coefficient (Wildman–Crippen LogP) is 3.69. The minimum Gasteiger partial charge on any atom is -0.466 e. The van der Waals surface area contributed by atoms with Crippen LogP contribution in [0.15, 0.2) is 44.2 Å². The molecule has 33 heavy (non-hydrogen) atoms. The minimum absolute atomic E-state index is 0.0490. The first-order valence-electron chi connectivity index (χ1n) is 10.9. The largest absolute Gasteiger partial charge is 0.466 e. The number of amidine groups is 1. The lowest BCUT2D eigenvalue weighted by molar-refractivity contribution is -0.151. The highest BCUT2D eigenvalue weighted by Crippen LogP contribution is 2.45. The van der Waals surface area contributed by atoms with E-state index in [2.05, 4.69) is 4.99 Å². The van der Waals surface area contributed by atoms with Gasteiger partial charge in [-0.15, -0.1) is 0 Å². The molecule has 8 nitrogen and oxygen atoms in total. The third-order valence-electron chi connectivity index (χ3n) is 5.99. The molecule has 0 N–H and O–H groups in total. The zero-order chi connectivity index (χ0) is 23.5. The van der Waals surface area contributed by atoms with Gasteiger partial charge in [-0.3, -0.25) is 9.59 Å². The number of likely N-dealkylation sites (tertiary alicyclic amines) is 1. The topological polar surface area (TPSA) is 88.5 Å². The summed E-state index contributed by atoms with van der Waals surface area (Å²) in [6, 6.07) is 1.57. The number of thiophene rings is 1. The van der Waals surface area contributed by atoms with Crippen molar-refractivity contribution in [3.63, 3.8) is 0 Å². The van der Waals surface area contributed by atoms with Gasteiger partial charge in [0.2, 0.25) is 5.91 Å². The normalized spacial score (nSPS) is 22.5. The fourth-order valence-electron chi connectivity index (χ4n) is 4.41. The maximum atomic E-state index is 13.2. The number of methoxy groups -OCH3 is 1. The monoisotopic (exact) mass is 489 g/mol. The first-order chi connectivity index (χ1) is 15.9. The number of hydrogen-bond donors (Lipinski definition) is 0. The Morgan fingerprint density at radius 3 is 2.82 bits per heavy atom. The van der Waals surface area contributed by atoms with Crippen molar-refractivity contribution in [1.29, 1.82) is 0 Å². The molecule has 1 fully saturated rings. The maximum absolute atomic E-state index is 13.2. The third-order valence-corrected chi connectivity index (χ3v) is 7.58. The van der Waals surface area contributed by atoms with Crippen LogP contribution in [0.4, 0.5) is 0 Å². The second kappa shape index (κ2) is 10.1. The van der Waals surface area contributed by atoms with E-state index in [0.29, 0.717) is 31.0 Å². The Morgan fingerprint density at radius 2 is 2.12 bits per heavy atom. The molecular weight excluding hydrogens is 462 g/mol. The van der Waals surface area contributed by atoms with E-state index in [0.717, 1.165) is 29.3 Å². The molecule has 4 rings (SSSR count). The van der Waals surface area contributed by atoms with E-state index < -0.39 is 12.0 Å². The SMILES string of the molecule is CCOC(=O)C1CCCN(C(=O)CC2=CSC3=NC(C)=C(C(=O)OC)C(c4ccsc4)N23)C1. The molecule has 3 aliphatic rings. The Hall–Kier alpha value is -2.59. The number of ether oxygens (including phenoxy) is 2. The average molecular weight is 490 g/mol. The van der Waals surface area contributed by atoms with Crippen molar-refractivity contribution in [2.24, 2.45) is 10.9 Å². The highest BCUT2D eigenvalue weighted by molar-refractivity contribution is 8.16. The number of rotatable bonds is 6. The molecule has 0 aromatic carbocycles. The molecule has 1 amide bonds. The second-order valence-electron chi connectivity index (χ2n) is 8.05. The number of hydrogen-bond acceptors (Lipinski definition) is 9. The van der Waals surface area contributed by atoms with Crippen LogP contribution >= 0.6 is 23.1 Å². The molecule has 0 bridgehead atoms. The van der Waals surface area contributed by atoms with Crippen LogP contribution in [0.2, 0.25) is 0 Å². The van der Waals surface area contributed by atoms with Crippen LogP contribution in [0.5, 0.6) is 0 Å². The zero-order valence-electron chi connectivity index (χ0n) is 18.9. The van der Waals surface area contributed by atoms with Crippen molar-refractivity contribution in [3.05, 3.63) is 44.8 Å². The summed E-state index contributed by atoms with van der Waals surface area (Å²) in [5.74, 6) is -0.997. The van der Waals surface area contributed by atoms with Gasteiger partial charge in [-0.2, -0.15) is 11.3 Å². The van der Waals surface area contributed by atoms with Crippen molar-refractivity contribution < 1.29 is 23.9 Å². The van der Waals surface area contributed by atoms with Gasteiger partial charge < -0.3 is 19.3 Å². The van der Waals surface area contributed by atoms with Crippen LogP contribution in [0.3, 0.4) is 0 Å². The Morgan fingerprint density at radius 1 is 1.30 bits per heavy atom. The van der Waals surface area contributed by atoms with Crippen LogP contribution in [0.1, 0.15) is 44.7 Å². The molecule has 1 aromatic rings. The molecule has 10 heteroatoms. The van der Waals surface area contributed by atoms with E-state index in [1.54, 1.807) is 23.2 Å². The summed E-state index contributed by atoms with van der Waals surface area (Å²) in [5.41, 5.74) is 2.83. The number of carbonyl (C=O) groups excluding carboxylic acids is 3. The molecule has 2 unspecified atom stereocenters. The summed E-state index contributed by atoms with van der Waals surface area (Å²) >= 11 is 3.00. The molecule has 176 valence electrons. The van der Waals surface area contributed by atoms with E-state index in [9.17, 15) is 14.4 Å². The molecule has 2 atom stereocenters. The number of amides is 1. The van der Waals surface area contributed by atoms with Crippen LogP contribution in [-0.2, 0) is 23.9 Å². The van der Waals surface area contributed by atoms with Crippen LogP contribution in [-0.4, -0.2) is 59.6 Å². The molecule has 0 spiro atoms. The number of thioether (sulfide) groups is 1. The Labute approximate surface area is 201 Å². The van der Waals surface area contributed by atoms with E-state index >= 15 is 0 Å². The van der Waals surface area contributed by atoms with Gasteiger partial charge in [-0.05, 0) is 54.5 Å². The Balaban J connectivity index is 1.55. The molecule has 4 heterocycles. The third kappa shape index (κ3) is 4.72. The van der Waals surface area contributed by atoms with E-state index in [1.807, 2.05) is 34.1 Å². The van der Waals surface area contributed by atoms with Crippen molar-refractivity contribution in [3.8, 4) is 0 Å². The summed E-state index contributed by atoms with van der Waals surface area (Å²) in [5, 5.41) is 6.63. The molecular formula is C23H27N3O5S2. The smallest absolute Gasteiger partial charge is 0.338 e. The van der Waals surface area contributed by atoms with Gasteiger partial charge in [-0.1, -0.05) is 11.8 Å². The molecule has 3 aliphatic heterocycles. The lowest BCUT2D eigenvalue weighted by Crippen LogP contribution is -2.44. The fourth-order valence-corrected chi connectivity index (χ4v) is 6.05. The van der Waals surface area contributed by atoms with Crippen LogP contribution < -0.4 is 0 Å². The summed E-state index contributed by atoms with van der Waals surface area (Å²) in [6.45, 7) is 4.93. The number of allylic oxidation sites excluding steroid dienone is 1. The molecule has 1 aromatic heterocycles. The summed E-state index contributed by atoms with van der Waals surface area (Å²) < 4.78 is 10.2. The van der Waals surface area contributed by atoms with Crippen molar-refractivity contribution in [1.82, 2.24) is 9.80 Å². The number of carbonyl (C=O) groups is 3. The summed E-state index contributed by atoms with van der Waals surface area (Å²) in [6.07, 6.45) is 1.66. The highest BCUT2D eigenvalue weighted by Gasteiger charge is 2.41. The van der Waals surface area contributed by atoms with E-state index in [-0.39, 0.29) is 24.2 Å². The van der Waals surface area contributed by atoms with Gasteiger partial charge in [0.05, 0.1) is 43.4 Å². The lowest BCUT2D eigenvalue weighted by atomic mass is 9.95. The average Bonchev–Trinajstić information content (AvgIpc) is 3.48. The number of fused-ring (bicyclic) bond motifs is 1. The zero-order valence-corrected chi connectivity index (χ0v) is 20.5. The molecule has 0 aliphatic carbocycles. The van der Waals surface area contributed by atoms with Crippen molar-refractivity contribution >= 4 is 46.1 Å². The Bertz CT molecular complexity index is 1030. The molecule has 1 saturated heterocycles. The van der Waals surface area contributed by atoms with Crippen LogP contribution in [0.25, 0.3) is 0 Å². The fraction of sp³-hybridized carbons (Fsp3) is 0.478. The van der Waals surface area contributed by atoms with Gasteiger partial charge in [0.1, 0.15) is 0 Å². The highest BCUT2D eigenvalue weighted by atomic mass is 32.2. The van der Waals surface area contributed by atoms with Crippen molar-refractivity contribution in [2.45, 2.75) is 39.2 Å². The number of esters is 2. The van der Waals surface area contributed by atoms with Gasteiger partial charge in [0.25, 0.3) is 0 Å². The van der Waals surface area contributed by atoms with Gasteiger partial charge in [0.15, 0.2) is 5.17 Å². The van der Waals surface area contributed by atoms with Crippen LogP contribution in [0, 0.1) is 5.92 Å². The summed E-state index contributed by atoms with van der Waals surface area (Å²) in [7, 11) is 1.36. The van der Waals surface area contributed by atoms with Crippen molar-refractivity contribution in [2.75, 3.05) is 26.8 Å². The number of aliphatic imine (C=N–C) groups is 1. The quantitative estimate of drug-likeness (QED) is 0.563. The number of nitrogens with zero attached hydrogens (tertiary/aromatic N) is 3. The first kappa shape index (κ1) is 23.6. The van der Waals surface area contributed by atoms with Gasteiger partial charge in [0, 0.05) is 18.8 Å². The first-order valence-corrected chi connectivity index (χ1v) is 12.8. The standard InChI is InChI=1S/C23H27N3O5S2/c1-4-31-21(28)15-6-5-8-25(11-15)18(27)10-17-13-33-23-24-14(2)19(22(29)30-3)20(26(17)23)16-7-9-32-12-16/h7,9,12-13,15,20H,4-6,8,10-11H2,1-3H3. The van der Waals surface area contributed by atoms with E-state index in [1.165, 1.54) is 18.9 Å². The predicted molar refractivity (Wildman–Crippen MR) is 127 cm³/mol. The van der Waals surface area contributed by atoms with Gasteiger partial charge >= 0.3 is 11.9 Å².